The second kappa shape index (κ2) is 6.31. The van der Waals surface area contributed by atoms with Crippen LogP contribution in [0.15, 0.2) is 23.1 Å². The molecule has 0 atom stereocenters. The van der Waals surface area contributed by atoms with E-state index >= 15 is 0 Å². The predicted molar refractivity (Wildman–Crippen MR) is 73.8 cm³/mol. The molecule has 0 aliphatic heterocycles. The lowest BCUT2D eigenvalue weighted by atomic mass is 10.3. The summed E-state index contributed by atoms with van der Waals surface area (Å²) in [4.78, 5) is 1.57. The van der Waals surface area contributed by atoms with Gasteiger partial charge in [0.2, 0.25) is 10.0 Å². The number of likely N-dealkylation sites (N-methyl/N-ethyl adjacent to an activating group) is 1. The van der Waals surface area contributed by atoms with Gasteiger partial charge in [-0.1, -0.05) is 0 Å². The van der Waals surface area contributed by atoms with Crippen LogP contribution in [0.25, 0.3) is 0 Å². The number of nitrogen functional groups attached to an aromatic ring is 1. The van der Waals surface area contributed by atoms with Gasteiger partial charge in [-0.05, 0) is 39.1 Å². The molecule has 0 aliphatic rings. The van der Waals surface area contributed by atoms with Gasteiger partial charge in [-0.15, -0.1) is 0 Å². The summed E-state index contributed by atoms with van der Waals surface area (Å²) < 4.78 is 39.7. The molecular formula is C12H20FN3O2S. The summed E-state index contributed by atoms with van der Waals surface area (Å²) in [5.41, 5.74) is 5.68. The van der Waals surface area contributed by atoms with E-state index in [1.165, 1.54) is 6.07 Å². The predicted octanol–water partition coefficient (Wildman–Crippen LogP) is 1.03. The Kier molecular flexibility index (Phi) is 5.28. The first-order valence-electron chi connectivity index (χ1n) is 5.99. The number of nitrogens with two attached hydrogens (primary N) is 1. The Labute approximate surface area is 113 Å². The molecule has 0 saturated carbocycles. The molecule has 1 aromatic carbocycles. The van der Waals surface area contributed by atoms with Gasteiger partial charge < -0.3 is 10.6 Å². The van der Waals surface area contributed by atoms with E-state index in [0.717, 1.165) is 12.1 Å². The fraction of sp³-hybridized carbons (Fsp3) is 0.500. The first-order chi connectivity index (χ1) is 8.74. The van der Waals surface area contributed by atoms with E-state index in [0.29, 0.717) is 12.6 Å². The highest BCUT2D eigenvalue weighted by Crippen LogP contribution is 2.17. The smallest absolute Gasteiger partial charge is 0.243 e. The summed E-state index contributed by atoms with van der Waals surface area (Å²) in [6.07, 6.45) is 0. The molecule has 0 aromatic heterocycles. The molecule has 0 heterocycles. The van der Waals surface area contributed by atoms with E-state index in [4.69, 9.17) is 5.73 Å². The van der Waals surface area contributed by atoms with Crippen LogP contribution in [-0.4, -0.2) is 39.5 Å². The monoisotopic (exact) mass is 289 g/mol. The van der Waals surface area contributed by atoms with Gasteiger partial charge in [0.25, 0.3) is 0 Å². The number of hydrogen-bond acceptors (Lipinski definition) is 4. The van der Waals surface area contributed by atoms with Crippen LogP contribution in [-0.2, 0) is 10.0 Å². The lowest BCUT2D eigenvalue weighted by Crippen LogP contribution is -2.36. The fourth-order valence-corrected chi connectivity index (χ4v) is 2.55. The van der Waals surface area contributed by atoms with E-state index in [9.17, 15) is 12.8 Å². The Morgan fingerprint density at radius 3 is 2.63 bits per heavy atom. The van der Waals surface area contributed by atoms with Crippen LogP contribution in [0.5, 0.6) is 0 Å². The lowest BCUT2D eigenvalue weighted by Gasteiger charge is -2.20. The van der Waals surface area contributed by atoms with E-state index < -0.39 is 20.7 Å². The molecule has 0 radical (unpaired) electrons. The minimum absolute atomic E-state index is 0.209. The number of hydrogen-bond donors (Lipinski definition) is 2. The van der Waals surface area contributed by atoms with Gasteiger partial charge in [0.05, 0.1) is 0 Å². The van der Waals surface area contributed by atoms with Crippen LogP contribution in [0.4, 0.5) is 10.1 Å². The minimum Gasteiger partial charge on any atom is -0.399 e. The number of nitrogens with one attached hydrogen (secondary N) is 1. The van der Waals surface area contributed by atoms with Crippen molar-refractivity contribution >= 4 is 15.7 Å². The summed E-state index contributed by atoms with van der Waals surface area (Å²) in [5, 5.41) is 0. The standard InChI is InChI=1S/C12H20FN3O2S/c1-9(2)16(3)7-6-15-19(17,18)12-8-10(14)4-5-11(12)13/h4-5,8-9,15H,6-7,14H2,1-3H3. The van der Waals surface area contributed by atoms with Crippen molar-refractivity contribution in [2.45, 2.75) is 24.8 Å². The number of sulfonamides is 1. The van der Waals surface area contributed by atoms with Crippen molar-refractivity contribution < 1.29 is 12.8 Å². The molecule has 19 heavy (non-hydrogen) atoms. The number of anilines is 1. The third-order valence-corrected chi connectivity index (χ3v) is 4.36. The first kappa shape index (κ1) is 15.9. The highest BCUT2D eigenvalue weighted by Gasteiger charge is 2.19. The van der Waals surface area contributed by atoms with Crippen LogP contribution >= 0.6 is 0 Å². The summed E-state index contributed by atoms with van der Waals surface area (Å²) >= 11 is 0. The maximum atomic E-state index is 13.5. The molecule has 1 aromatic rings. The molecule has 0 unspecified atom stereocenters. The zero-order chi connectivity index (χ0) is 14.6. The van der Waals surface area contributed by atoms with Crippen molar-refractivity contribution in [3.63, 3.8) is 0 Å². The molecule has 0 bridgehead atoms. The summed E-state index contributed by atoms with van der Waals surface area (Å²) in [6.45, 7) is 4.77. The van der Waals surface area contributed by atoms with E-state index in [-0.39, 0.29) is 12.2 Å². The second-order valence-electron chi connectivity index (χ2n) is 4.66. The van der Waals surface area contributed by atoms with Crippen molar-refractivity contribution in [1.82, 2.24) is 9.62 Å². The Hall–Kier alpha value is -1.18. The van der Waals surface area contributed by atoms with Crippen molar-refractivity contribution in [3.05, 3.63) is 24.0 Å². The fourth-order valence-electron chi connectivity index (χ4n) is 1.42. The van der Waals surface area contributed by atoms with Gasteiger partial charge in [-0.3, -0.25) is 0 Å². The maximum absolute atomic E-state index is 13.5. The second-order valence-corrected chi connectivity index (χ2v) is 6.40. The van der Waals surface area contributed by atoms with Gasteiger partial charge in [-0.2, -0.15) is 0 Å². The van der Waals surface area contributed by atoms with Crippen LogP contribution in [0, 0.1) is 5.82 Å². The SMILES string of the molecule is CC(C)N(C)CCNS(=O)(=O)c1cc(N)ccc1F. The van der Waals surface area contributed by atoms with Crippen LogP contribution < -0.4 is 10.5 Å². The average Bonchev–Trinajstić information content (AvgIpc) is 2.31. The normalized spacial score (nSPS) is 12.3. The van der Waals surface area contributed by atoms with Gasteiger partial charge in [0.1, 0.15) is 10.7 Å². The number of nitrogens with zero attached hydrogens (tertiary/aromatic N) is 1. The lowest BCUT2D eigenvalue weighted by molar-refractivity contribution is 0.278. The molecule has 0 saturated heterocycles. The van der Waals surface area contributed by atoms with E-state index in [2.05, 4.69) is 4.72 Å². The van der Waals surface area contributed by atoms with Crippen molar-refractivity contribution in [2.24, 2.45) is 0 Å². The molecule has 108 valence electrons. The molecule has 0 spiro atoms. The zero-order valence-corrected chi connectivity index (χ0v) is 12.2. The Balaban J connectivity index is 2.74. The van der Waals surface area contributed by atoms with Crippen LogP contribution in [0.3, 0.4) is 0 Å². The van der Waals surface area contributed by atoms with Crippen molar-refractivity contribution in [1.29, 1.82) is 0 Å². The molecule has 0 amide bonds. The van der Waals surface area contributed by atoms with Gasteiger partial charge in [0.15, 0.2) is 0 Å². The Morgan fingerprint density at radius 1 is 1.42 bits per heavy atom. The molecule has 1 rings (SSSR count). The third kappa shape index (κ3) is 4.45. The summed E-state index contributed by atoms with van der Waals surface area (Å²) in [7, 11) is -1.98. The molecule has 3 N–H and O–H groups in total. The summed E-state index contributed by atoms with van der Waals surface area (Å²) in [6, 6.07) is 3.79. The van der Waals surface area contributed by atoms with Crippen LogP contribution in [0.2, 0.25) is 0 Å². The topological polar surface area (TPSA) is 75.4 Å². The quantitative estimate of drug-likeness (QED) is 0.767. The molecule has 0 fully saturated rings. The zero-order valence-electron chi connectivity index (χ0n) is 11.4. The number of halogens is 1. The van der Waals surface area contributed by atoms with Crippen molar-refractivity contribution in [3.8, 4) is 0 Å². The van der Waals surface area contributed by atoms with Gasteiger partial charge in [0, 0.05) is 24.8 Å². The van der Waals surface area contributed by atoms with Gasteiger partial charge in [-0.25, -0.2) is 17.5 Å². The molecule has 5 nitrogen and oxygen atoms in total. The highest BCUT2D eigenvalue weighted by molar-refractivity contribution is 7.89. The minimum atomic E-state index is -3.87. The largest absolute Gasteiger partial charge is 0.399 e. The van der Waals surface area contributed by atoms with E-state index in [1.807, 2.05) is 25.8 Å². The average molecular weight is 289 g/mol. The van der Waals surface area contributed by atoms with E-state index in [1.54, 1.807) is 0 Å². The van der Waals surface area contributed by atoms with Crippen molar-refractivity contribution in [2.75, 3.05) is 25.9 Å². The number of benzene rings is 1. The molecule has 7 heteroatoms. The number of rotatable bonds is 6. The Bertz CT molecular complexity index is 532. The maximum Gasteiger partial charge on any atom is 0.243 e. The summed E-state index contributed by atoms with van der Waals surface area (Å²) in [5.74, 6) is -0.807. The molecular weight excluding hydrogens is 269 g/mol. The van der Waals surface area contributed by atoms with Gasteiger partial charge >= 0.3 is 0 Å². The first-order valence-corrected chi connectivity index (χ1v) is 7.47. The molecule has 0 aliphatic carbocycles. The highest BCUT2D eigenvalue weighted by atomic mass is 32.2. The third-order valence-electron chi connectivity index (χ3n) is 2.88. The Morgan fingerprint density at radius 2 is 2.05 bits per heavy atom. The van der Waals surface area contributed by atoms with Crippen LogP contribution in [0.1, 0.15) is 13.8 Å².